The second-order valence-electron chi connectivity index (χ2n) is 14.1. The second kappa shape index (κ2) is 23.4. The molecule has 0 unspecified atom stereocenters. The van der Waals surface area contributed by atoms with Crippen LogP contribution in [0, 0.1) is 20.2 Å². The van der Waals surface area contributed by atoms with Crippen LogP contribution in [0.3, 0.4) is 0 Å². The van der Waals surface area contributed by atoms with E-state index in [1.54, 1.807) is 60.7 Å². The normalized spacial score (nSPS) is 10.9. The summed E-state index contributed by atoms with van der Waals surface area (Å²) in [7, 11) is -12.3. The number of anilines is 2. The van der Waals surface area contributed by atoms with Gasteiger partial charge in [-0.3, -0.25) is 39.4 Å². The molecule has 364 valence electrons. The summed E-state index contributed by atoms with van der Waals surface area (Å²) in [6.45, 7) is 0. The lowest BCUT2D eigenvalue weighted by atomic mass is 10.2. The van der Waals surface area contributed by atoms with Crippen molar-refractivity contribution in [2.75, 3.05) is 11.1 Å². The first-order chi connectivity index (χ1) is 33.6. The van der Waals surface area contributed by atoms with E-state index in [0.29, 0.717) is 5.69 Å². The van der Waals surface area contributed by atoms with Crippen LogP contribution >= 0.6 is 11.6 Å². The molecule has 0 aliphatic rings. The van der Waals surface area contributed by atoms with E-state index in [-0.39, 0.29) is 53.3 Å². The smallest absolute Gasteiger partial charge is 0.288 e. The number of nitrogens with two attached hydrogens (primary N) is 1. The molecule has 0 fully saturated rings. The first-order valence-corrected chi connectivity index (χ1v) is 24.7. The van der Waals surface area contributed by atoms with Crippen LogP contribution in [0.25, 0.3) is 0 Å². The number of rotatable bonds is 13. The average Bonchev–Trinajstić information content (AvgIpc) is 3.35. The van der Waals surface area contributed by atoms with Gasteiger partial charge >= 0.3 is 0 Å². The maximum Gasteiger partial charge on any atom is 0.288 e. The molecule has 71 heavy (non-hydrogen) atoms. The molecule has 0 spiro atoms. The minimum Gasteiger partial charge on any atom is -0.399 e. The number of nitro groups is 2. The van der Waals surface area contributed by atoms with Crippen molar-refractivity contribution in [3.05, 3.63) is 229 Å². The van der Waals surface area contributed by atoms with Crippen LogP contribution in [0.2, 0.25) is 5.02 Å². The third-order valence-corrected chi connectivity index (χ3v) is 13.4. The van der Waals surface area contributed by atoms with Crippen LogP contribution in [-0.2, 0) is 30.1 Å². The Kier molecular flexibility index (Phi) is 17.5. The minimum absolute atomic E-state index is 0.0401. The second-order valence-corrected chi connectivity index (χ2v) is 19.6. The van der Waals surface area contributed by atoms with Gasteiger partial charge in [0, 0.05) is 51.8 Å². The van der Waals surface area contributed by atoms with Gasteiger partial charge in [0.15, 0.2) is 0 Å². The monoisotopic (exact) mass is 1040 g/mol. The summed E-state index contributed by atoms with van der Waals surface area (Å²) in [5.41, 5.74) is 5.71. The number of nitrogens with zero attached hydrogens (tertiary/aromatic N) is 2. The van der Waals surface area contributed by atoms with Gasteiger partial charge in [0.1, 0.15) is 5.02 Å². The number of carbonyl (C=O) groups excluding carboxylic acids is 4. The molecule has 0 atom stereocenters. The van der Waals surface area contributed by atoms with E-state index in [9.17, 15) is 64.7 Å². The van der Waals surface area contributed by atoms with Crippen molar-refractivity contribution < 1.29 is 54.3 Å². The molecule has 0 aliphatic heterocycles. The molecular weight excluding hydrogens is 1010 g/mol. The summed E-state index contributed by atoms with van der Waals surface area (Å²) in [5.74, 6) is -2.99. The predicted molar refractivity (Wildman–Crippen MR) is 260 cm³/mol. The predicted octanol–water partition coefficient (Wildman–Crippen LogP) is 6.72. The number of hydrogen-bond acceptors (Lipinski definition) is 15. The van der Waals surface area contributed by atoms with E-state index in [2.05, 4.69) is 5.32 Å². The summed E-state index contributed by atoms with van der Waals surface area (Å²) < 4.78 is 78.9. The summed E-state index contributed by atoms with van der Waals surface area (Å²) in [6.07, 6.45) is 0. The van der Waals surface area contributed by atoms with Crippen molar-refractivity contribution >= 4 is 88.0 Å². The molecule has 25 heteroatoms. The zero-order valence-corrected chi connectivity index (χ0v) is 39.3. The number of nitrogen functional groups attached to an aromatic ring is 1. The van der Waals surface area contributed by atoms with Gasteiger partial charge in [-0.2, -0.15) is 0 Å². The fourth-order valence-electron chi connectivity index (χ4n) is 5.67. The van der Waals surface area contributed by atoms with E-state index in [4.69, 9.17) is 17.3 Å². The van der Waals surface area contributed by atoms with E-state index in [1.165, 1.54) is 97.1 Å². The maximum atomic E-state index is 12.5. The zero-order chi connectivity index (χ0) is 51.9. The topological polar surface area (TPSA) is 331 Å². The Bertz CT molecular complexity index is 3480. The summed E-state index contributed by atoms with van der Waals surface area (Å²) in [6, 6.07) is 42.7. The van der Waals surface area contributed by atoms with E-state index < -0.39 is 69.2 Å². The molecule has 7 aromatic rings. The van der Waals surface area contributed by atoms with Crippen molar-refractivity contribution in [3.63, 3.8) is 0 Å². The molecule has 4 amide bonds. The van der Waals surface area contributed by atoms with Gasteiger partial charge in [0.25, 0.3) is 65.1 Å². The molecule has 6 N–H and O–H groups in total. The number of carbonyl (C=O) groups is 4. The van der Waals surface area contributed by atoms with Crippen molar-refractivity contribution in [2.24, 2.45) is 0 Å². The van der Waals surface area contributed by atoms with Crippen LogP contribution < -0.4 is 25.2 Å². The van der Waals surface area contributed by atoms with Gasteiger partial charge in [0.05, 0.1) is 24.5 Å². The molecule has 0 saturated heterocycles. The number of benzene rings is 7. The van der Waals surface area contributed by atoms with Crippen LogP contribution in [-0.4, -0.2) is 58.7 Å². The van der Waals surface area contributed by atoms with Gasteiger partial charge in [-0.1, -0.05) is 84.4 Å². The molecular formula is C46H36ClN7O14S3. The van der Waals surface area contributed by atoms with E-state index in [0.717, 1.165) is 24.3 Å². The molecule has 0 heterocycles. The Morgan fingerprint density at radius 3 is 1.27 bits per heavy atom. The molecule has 0 radical (unpaired) electrons. The number of halogens is 1. The highest BCUT2D eigenvalue weighted by Crippen LogP contribution is 2.26. The van der Waals surface area contributed by atoms with Crippen molar-refractivity contribution in [2.45, 2.75) is 14.7 Å². The number of nitrogens with one attached hydrogen (secondary N) is 4. The Hall–Kier alpha value is -8.84. The zero-order valence-electron chi connectivity index (χ0n) is 36.1. The Labute approximate surface area is 409 Å². The highest BCUT2D eigenvalue weighted by molar-refractivity contribution is 7.90. The summed E-state index contributed by atoms with van der Waals surface area (Å²) in [5, 5.41) is 24.0. The quantitative estimate of drug-likeness (QED) is 0.0455. The Morgan fingerprint density at radius 1 is 0.437 bits per heavy atom. The maximum absolute atomic E-state index is 12.5. The van der Waals surface area contributed by atoms with Crippen molar-refractivity contribution in [3.8, 4) is 0 Å². The summed E-state index contributed by atoms with van der Waals surface area (Å²) >= 11 is 5.74. The standard InChI is InChI=1S/C20H14ClN3O6S.C13H10N2O5S.C13H12N2O3S/c21-17-10-9-14(11-18(17)24(27)28)19(25)22-15-7-4-8-16(12-15)31(29,30)23-20(26)13-5-2-1-3-6-13;16-13(10-5-2-1-3-6-10)14-21(19,20)12-8-4-7-11(9-12)15(17)18;14-11-7-4-8-12(9-11)19(17,18)15-13(16)10-5-2-1-3-6-10/h1-12H,(H,22,25)(H,23,26);1-9H,(H,14,16);1-9H,14H2,(H,15,16). The van der Waals surface area contributed by atoms with Crippen LogP contribution in [0.4, 0.5) is 22.7 Å². The first-order valence-electron chi connectivity index (χ1n) is 19.9. The molecule has 0 aromatic heterocycles. The van der Waals surface area contributed by atoms with Crippen LogP contribution in [0.5, 0.6) is 0 Å². The number of nitro benzene ring substituents is 2. The number of sulfonamides is 3. The molecule has 0 aliphatic carbocycles. The Balaban J connectivity index is 0.000000206. The van der Waals surface area contributed by atoms with Gasteiger partial charge in [0.2, 0.25) is 0 Å². The first kappa shape index (κ1) is 53.1. The van der Waals surface area contributed by atoms with Gasteiger partial charge in [-0.05, 0) is 91.0 Å². The summed E-state index contributed by atoms with van der Waals surface area (Å²) in [4.78, 5) is 67.8. The number of non-ortho nitro benzene ring substituents is 1. The fourth-order valence-corrected chi connectivity index (χ4v) is 8.92. The van der Waals surface area contributed by atoms with Crippen molar-refractivity contribution in [1.82, 2.24) is 14.2 Å². The third-order valence-electron chi connectivity index (χ3n) is 9.10. The molecule has 0 saturated carbocycles. The lowest BCUT2D eigenvalue weighted by molar-refractivity contribution is -0.385. The third kappa shape index (κ3) is 15.1. The highest BCUT2D eigenvalue weighted by Gasteiger charge is 2.23. The van der Waals surface area contributed by atoms with Gasteiger partial charge < -0.3 is 11.1 Å². The van der Waals surface area contributed by atoms with Crippen molar-refractivity contribution in [1.29, 1.82) is 0 Å². The Morgan fingerprint density at radius 2 is 0.845 bits per heavy atom. The molecule has 7 aromatic carbocycles. The minimum atomic E-state index is -4.21. The molecule has 0 bridgehead atoms. The largest absolute Gasteiger partial charge is 0.399 e. The SMILES string of the molecule is Nc1cccc(S(=O)(=O)NC(=O)c2ccccc2)c1.O=C(NS(=O)(=O)c1cccc([N+](=O)[O-])c1)c1ccccc1.O=C(Nc1cccc(S(=O)(=O)NC(=O)c2ccccc2)c1)c1ccc(Cl)c([N+](=O)[O-])c1. The van der Waals surface area contributed by atoms with E-state index >= 15 is 0 Å². The van der Waals surface area contributed by atoms with Crippen LogP contribution in [0.1, 0.15) is 41.4 Å². The molecule has 21 nitrogen and oxygen atoms in total. The fraction of sp³-hybridized carbons (Fsp3) is 0. The van der Waals surface area contributed by atoms with Gasteiger partial charge in [-0.25, -0.2) is 39.4 Å². The number of hydrogen-bond donors (Lipinski definition) is 5. The van der Waals surface area contributed by atoms with Crippen LogP contribution in [0.15, 0.2) is 197 Å². The lowest BCUT2D eigenvalue weighted by Crippen LogP contribution is -2.30. The van der Waals surface area contributed by atoms with E-state index in [1.807, 2.05) is 14.2 Å². The highest BCUT2D eigenvalue weighted by atomic mass is 35.5. The average molecular weight is 1040 g/mol. The number of amides is 4. The van der Waals surface area contributed by atoms with Gasteiger partial charge in [-0.15, -0.1) is 0 Å². The lowest BCUT2D eigenvalue weighted by Gasteiger charge is -2.10. The molecule has 7 rings (SSSR count).